The molecule has 5 heteroatoms. The van der Waals surface area contributed by atoms with Crippen LogP contribution in [0.4, 0.5) is 0 Å². The van der Waals surface area contributed by atoms with Gasteiger partial charge in [-0.25, -0.2) is 0 Å². The molecule has 3 rings (SSSR count). The molecule has 116 valence electrons. The second kappa shape index (κ2) is 6.43. The van der Waals surface area contributed by atoms with Crippen LogP contribution < -0.4 is 0 Å². The van der Waals surface area contributed by atoms with Gasteiger partial charge in [-0.1, -0.05) is 35.7 Å². The van der Waals surface area contributed by atoms with Gasteiger partial charge in [0, 0.05) is 34.4 Å². The molecule has 1 saturated carbocycles. The molecule has 1 spiro atoms. The fourth-order valence-electron chi connectivity index (χ4n) is 3.26. The summed E-state index contributed by atoms with van der Waals surface area (Å²) in [5.74, 6) is -0.603. The Kier molecular flexibility index (Phi) is 4.77. The van der Waals surface area contributed by atoms with E-state index in [0.29, 0.717) is 16.7 Å². The van der Waals surface area contributed by atoms with E-state index in [0.717, 1.165) is 31.2 Å². The van der Waals surface area contributed by atoms with Crippen molar-refractivity contribution in [2.45, 2.75) is 44.0 Å². The third-order valence-corrected chi connectivity index (χ3v) is 5.01. The van der Waals surface area contributed by atoms with Gasteiger partial charge in [-0.05, 0) is 25.0 Å². The molecule has 1 saturated heterocycles. The van der Waals surface area contributed by atoms with Gasteiger partial charge in [-0.3, -0.25) is 0 Å². The number of benzene rings is 1. The van der Waals surface area contributed by atoms with E-state index in [9.17, 15) is 5.11 Å². The molecule has 0 bridgehead atoms. The molecule has 21 heavy (non-hydrogen) atoms. The summed E-state index contributed by atoms with van der Waals surface area (Å²) >= 11 is 12.3. The molecule has 1 aliphatic carbocycles. The Bertz CT molecular complexity index is 500. The van der Waals surface area contributed by atoms with Crippen molar-refractivity contribution in [3.8, 4) is 0 Å². The Morgan fingerprint density at radius 3 is 2.62 bits per heavy atom. The predicted molar refractivity (Wildman–Crippen MR) is 82.6 cm³/mol. The standard InChI is InChI=1S/C16H20Cl2O3/c17-12-4-5-13(14(18)8-12)15-11(9-19)10-20-16(21-15)6-2-1-3-7-16/h4-5,8,11,15,19H,1-3,6-7,9-10H2. The first-order valence-corrected chi connectivity index (χ1v) is 8.27. The van der Waals surface area contributed by atoms with Gasteiger partial charge in [0.05, 0.1) is 19.3 Å². The molecule has 0 aromatic heterocycles. The topological polar surface area (TPSA) is 38.7 Å². The second-order valence-corrected chi connectivity index (χ2v) is 6.77. The lowest BCUT2D eigenvalue weighted by Gasteiger charge is -2.46. The normalized spacial score (nSPS) is 28.7. The minimum Gasteiger partial charge on any atom is -0.396 e. The number of rotatable bonds is 2. The highest BCUT2D eigenvalue weighted by Crippen LogP contribution is 2.45. The molecule has 2 unspecified atom stereocenters. The molecule has 0 amide bonds. The summed E-state index contributed by atoms with van der Waals surface area (Å²) in [5.41, 5.74) is 0.883. The summed E-state index contributed by atoms with van der Waals surface area (Å²) < 4.78 is 12.3. The Hall–Kier alpha value is -0.320. The van der Waals surface area contributed by atoms with Crippen LogP contribution in [0.1, 0.15) is 43.8 Å². The Morgan fingerprint density at radius 1 is 1.19 bits per heavy atom. The van der Waals surface area contributed by atoms with Crippen LogP contribution in [0.3, 0.4) is 0 Å². The van der Waals surface area contributed by atoms with Crippen molar-refractivity contribution < 1.29 is 14.6 Å². The highest BCUT2D eigenvalue weighted by Gasteiger charge is 2.44. The largest absolute Gasteiger partial charge is 0.396 e. The van der Waals surface area contributed by atoms with E-state index in [1.54, 1.807) is 6.07 Å². The summed E-state index contributed by atoms with van der Waals surface area (Å²) in [6.45, 7) is 0.514. The van der Waals surface area contributed by atoms with Crippen LogP contribution in [0.15, 0.2) is 18.2 Å². The molecule has 2 atom stereocenters. The summed E-state index contributed by atoms with van der Waals surface area (Å²) in [6, 6.07) is 5.42. The molecule has 3 nitrogen and oxygen atoms in total. The highest BCUT2D eigenvalue weighted by molar-refractivity contribution is 6.35. The first-order valence-electron chi connectivity index (χ1n) is 7.51. The molecular formula is C16H20Cl2O3. The third-order valence-electron chi connectivity index (χ3n) is 4.45. The minimum atomic E-state index is -0.502. The zero-order chi connectivity index (χ0) is 14.9. The van der Waals surface area contributed by atoms with Gasteiger partial charge in [0.15, 0.2) is 5.79 Å². The SMILES string of the molecule is OCC1COC2(CCCCC2)OC1c1ccc(Cl)cc1Cl. The number of hydrogen-bond donors (Lipinski definition) is 1. The van der Waals surface area contributed by atoms with Gasteiger partial charge in [-0.2, -0.15) is 0 Å². The van der Waals surface area contributed by atoms with Crippen molar-refractivity contribution in [3.63, 3.8) is 0 Å². The monoisotopic (exact) mass is 330 g/mol. The molecule has 1 aromatic rings. The van der Waals surface area contributed by atoms with Crippen LogP contribution in [-0.2, 0) is 9.47 Å². The fourth-order valence-corrected chi connectivity index (χ4v) is 3.77. The van der Waals surface area contributed by atoms with Crippen molar-refractivity contribution in [1.82, 2.24) is 0 Å². The van der Waals surface area contributed by atoms with Crippen LogP contribution in [0.25, 0.3) is 0 Å². The number of aliphatic hydroxyl groups excluding tert-OH is 1. The molecule has 1 N–H and O–H groups in total. The van der Waals surface area contributed by atoms with Crippen LogP contribution in [0.5, 0.6) is 0 Å². The first kappa shape index (κ1) is 15.6. The van der Waals surface area contributed by atoms with E-state index >= 15 is 0 Å². The van der Waals surface area contributed by atoms with E-state index in [2.05, 4.69) is 0 Å². The molecule has 1 aliphatic heterocycles. The molecule has 1 aromatic carbocycles. The minimum absolute atomic E-state index is 0.0136. The van der Waals surface area contributed by atoms with Crippen LogP contribution in [0, 0.1) is 5.92 Å². The zero-order valence-corrected chi connectivity index (χ0v) is 13.4. The lowest BCUT2D eigenvalue weighted by Crippen LogP contribution is -2.47. The summed E-state index contributed by atoms with van der Waals surface area (Å²) in [6.07, 6.45) is 5.03. The Morgan fingerprint density at radius 2 is 1.95 bits per heavy atom. The maximum Gasteiger partial charge on any atom is 0.169 e. The zero-order valence-electron chi connectivity index (χ0n) is 11.9. The van der Waals surface area contributed by atoms with Gasteiger partial charge in [0.25, 0.3) is 0 Å². The van der Waals surface area contributed by atoms with E-state index < -0.39 is 5.79 Å². The number of halogens is 2. The number of hydrogen-bond acceptors (Lipinski definition) is 3. The van der Waals surface area contributed by atoms with Crippen molar-refractivity contribution >= 4 is 23.2 Å². The molecule has 1 heterocycles. The van der Waals surface area contributed by atoms with Gasteiger partial charge < -0.3 is 14.6 Å². The third kappa shape index (κ3) is 3.22. The van der Waals surface area contributed by atoms with Gasteiger partial charge in [-0.15, -0.1) is 0 Å². The Labute approximate surface area is 135 Å². The maximum absolute atomic E-state index is 9.63. The lowest BCUT2D eigenvalue weighted by molar-refractivity contribution is -0.327. The number of aliphatic hydroxyl groups is 1. The van der Waals surface area contributed by atoms with Crippen molar-refractivity contribution in [2.75, 3.05) is 13.2 Å². The van der Waals surface area contributed by atoms with Gasteiger partial charge in [0.1, 0.15) is 0 Å². The van der Waals surface area contributed by atoms with Crippen molar-refractivity contribution in [2.24, 2.45) is 5.92 Å². The molecule has 2 aliphatic rings. The first-order chi connectivity index (χ1) is 10.1. The summed E-state index contributed by atoms with van der Waals surface area (Å²) in [4.78, 5) is 0. The summed E-state index contributed by atoms with van der Waals surface area (Å²) in [5, 5.41) is 10.8. The van der Waals surface area contributed by atoms with E-state index in [-0.39, 0.29) is 18.6 Å². The van der Waals surface area contributed by atoms with E-state index in [1.807, 2.05) is 12.1 Å². The van der Waals surface area contributed by atoms with Gasteiger partial charge in [0.2, 0.25) is 0 Å². The van der Waals surface area contributed by atoms with E-state index in [4.69, 9.17) is 32.7 Å². The lowest BCUT2D eigenvalue weighted by atomic mass is 9.89. The highest BCUT2D eigenvalue weighted by atomic mass is 35.5. The predicted octanol–water partition coefficient (Wildman–Crippen LogP) is 4.35. The second-order valence-electron chi connectivity index (χ2n) is 5.93. The van der Waals surface area contributed by atoms with Crippen LogP contribution in [-0.4, -0.2) is 24.1 Å². The van der Waals surface area contributed by atoms with Crippen LogP contribution in [0.2, 0.25) is 10.0 Å². The van der Waals surface area contributed by atoms with Crippen LogP contribution >= 0.6 is 23.2 Å². The van der Waals surface area contributed by atoms with Gasteiger partial charge >= 0.3 is 0 Å². The van der Waals surface area contributed by atoms with Crippen molar-refractivity contribution in [1.29, 1.82) is 0 Å². The Balaban J connectivity index is 1.88. The van der Waals surface area contributed by atoms with Crippen molar-refractivity contribution in [3.05, 3.63) is 33.8 Å². The smallest absolute Gasteiger partial charge is 0.169 e. The molecular weight excluding hydrogens is 311 g/mol. The average molecular weight is 331 g/mol. The quantitative estimate of drug-likeness (QED) is 0.876. The van der Waals surface area contributed by atoms with E-state index in [1.165, 1.54) is 6.42 Å². The summed E-state index contributed by atoms with van der Waals surface area (Å²) in [7, 11) is 0. The molecule has 2 fully saturated rings. The molecule has 0 radical (unpaired) electrons. The maximum atomic E-state index is 9.63. The number of ether oxygens (including phenoxy) is 2. The average Bonchev–Trinajstić information content (AvgIpc) is 2.48. The fraction of sp³-hybridized carbons (Fsp3) is 0.625.